The molecular formula is C26H35N3O. The second kappa shape index (κ2) is 10.1. The van der Waals surface area contributed by atoms with Crippen LogP contribution in [0, 0.1) is 0 Å². The summed E-state index contributed by atoms with van der Waals surface area (Å²) in [6.07, 6.45) is 7.55. The van der Waals surface area contributed by atoms with Crippen LogP contribution < -0.4 is 10.2 Å². The molecule has 1 amide bonds. The van der Waals surface area contributed by atoms with E-state index in [9.17, 15) is 4.79 Å². The van der Waals surface area contributed by atoms with Crippen molar-refractivity contribution in [2.24, 2.45) is 0 Å². The highest BCUT2D eigenvalue weighted by Gasteiger charge is 2.24. The predicted molar refractivity (Wildman–Crippen MR) is 124 cm³/mol. The van der Waals surface area contributed by atoms with Gasteiger partial charge in [-0.25, -0.2) is 0 Å². The van der Waals surface area contributed by atoms with E-state index in [4.69, 9.17) is 0 Å². The number of carbonyl (C=O) groups is 1. The molecule has 2 heterocycles. The number of likely N-dealkylation sites (tertiary alicyclic amines) is 1. The summed E-state index contributed by atoms with van der Waals surface area (Å²) in [5.41, 5.74) is 5.40. The smallest absolute Gasteiger partial charge is 0.220 e. The Morgan fingerprint density at radius 3 is 2.60 bits per heavy atom. The first-order chi connectivity index (χ1) is 14.7. The maximum absolute atomic E-state index is 12.6. The number of aryl methyl sites for hydroxylation is 2. The van der Waals surface area contributed by atoms with Gasteiger partial charge in [0.2, 0.25) is 5.91 Å². The van der Waals surface area contributed by atoms with Crippen molar-refractivity contribution in [1.29, 1.82) is 0 Å². The van der Waals surface area contributed by atoms with Crippen LogP contribution in [0.5, 0.6) is 0 Å². The molecule has 2 aliphatic heterocycles. The molecule has 30 heavy (non-hydrogen) atoms. The lowest BCUT2D eigenvalue weighted by Gasteiger charge is -2.36. The van der Waals surface area contributed by atoms with Crippen LogP contribution in [0.3, 0.4) is 0 Å². The molecule has 4 rings (SSSR count). The largest absolute Gasteiger partial charge is 0.374 e. The lowest BCUT2D eigenvalue weighted by atomic mass is 9.95. The van der Waals surface area contributed by atoms with E-state index in [1.165, 1.54) is 48.1 Å². The van der Waals surface area contributed by atoms with Gasteiger partial charge in [-0.05, 0) is 68.0 Å². The minimum Gasteiger partial charge on any atom is -0.374 e. The zero-order valence-corrected chi connectivity index (χ0v) is 18.3. The fourth-order valence-electron chi connectivity index (χ4n) is 4.90. The van der Waals surface area contributed by atoms with E-state index in [2.05, 4.69) is 52.5 Å². The van der Waals surface area contributed by atoms with Gasteiger partial charge in [-0.2, -0.15) is 0 Å². The molecule has 2 aromatic rings. The van der Waals surface area contributed by atoms with E-state index in [1.807, 2.05) is 18.2 Å². The quantitative estimate of drug-likeness (QED) is 0.744. The van der Waals surface area contributed by atoms with E-state index in [-0.39, 0.29) is 11.9 Å². The first-order valence-electron chi connectivity index (χ1n) is 11.6. The van der Waals surface area contributed by atoms with Crippen molar-refractivity contribution in [3.63, 3.8) is 0 Å². The highest BCUT2D eigenvalue weighted by molar-refractivity contribution is 5.76. The van der Waals surface area contributed by atoms with Crippen LogP contribution in [0.4, 0.5) is 5.69 Å². The number of anilines is 1. The summed E-state index contributed by atoms with van der Waals surface area (Å²) in [6.45, 7) is 4.09. The Balaban J connectivity index is 1.43. The van der Waals surface area contributed by atoms with Crippen molar-refractivity contribution in [2.75, 3.05) is 38.1 Å². The third-order valence-electron chi connectivity index (χ3n) is 6.65. The molecule has 1 fully saturated rings. The Kier molecular flexibility index (Phi) is 7.06. The molecule has 0 radical (unpaired) electrons. The van der Waals surface area contributed by atoms with E-state index >= 15 is 0 Å². The van der Waals surface area contributed by atoms with Crippen LogP contribution in [0.25, 0.3) is 0 Å². The second-order valence-corrected chi connectivity index (χ2v) is 8.82. The number of piperidine rings is 1. The average Bonchev–Trinajstić information content (AvgIpc) is 2.79. The van der Waals surface area contributed by atoms with Gasteiger partial charge in [-0.1, -0.05) is 48.9 Å². The molecule has 0 aromatic heterocycles. The summed E-state index contributed by atoms with van der Waals surface area (Å²) in [6, 6.07) is 17.5. The molecule has 2 aliphatic rings. The number of fused-ring (bicyclic) bond motifs is 1. The maximum Gasteiger partial charge on any atom is 0.220 e. The summed E-state index contributed by atoms with van der Waals surface area (Å²) in [5, 5.41) is 3.25. The Hall–Kier alpha value is -2.33. The fourth-order valence-corrected chi connectivity index (χ4v) is 4.90. The lowest BCUT2D eigenvalue weighted by Crippen LogP contribution is -2.40. The van der Waals surface area contributed by atoms with Gasteiger partial charge in [0, 0.05) is 32.2 Å². The molecule has 0 unspecified atom stereocenters. The molecule has 0 saturated carbocycles. The predicted octanol–water partition coefficient (Wildman–Crippen LogP) is 4.35. The van der Waals surface area contributed by atoms with Crippen LogP contribution >= 0.6 is 0 Å². The average molecular weight is 406 g/mol. The zero-order chi connectivity index (χ0) is 20.8. The molecule has 0 aliphatic carbocycles. The summed E-state index contributed by atoms with van der Waals surface area (Å²) < 4.78 is 0. The Bertz CT molecular complexity index is 829. The molecule has 2 aromatic carbocycles. The Morgan fingerprint density at radius 1 is 1.00 bits per heavy atom. The van der Waals surface area contributed by atoms with Crippen LogP contribution in [0.1, 0.15) is 54.8 Å². The SMILES string of the molecule is CN1CCCc2cc([C@H](CNC(=O)CCc3ccccc3)N3CCCCC3)ccc21. The third kappa shape index (κ3) is 5.23. The molecule has 160 valence electrons. The van der Waals surface area contributed by atoms with Gasteiger partial charge in [0.15, 0.2) is 0 Å². The van der Waals surface area contributed by atoms with Crippen LogP contribution in [0.2, 0.25) is 0 Å². The topological polar surface area (TPSA) is 35.6 Å². The normalized spacial score (nSPS) is 18.0. The Labute approximate surface area is 181 Å². The number of rotatable bonds is 7. The highest BCUT2D eigenvalue weighted by Crippen LogP contribution is 2.31. The van der Waals surface area contributed by atoms with Gasteiger partial charge in [-0.15, -0.1) is 0 Å². The molecular weight excluding hydrogens is 370 g/mol. The number of amides is 1. The van der Waals surface area contributed by atoms with E-state index in [1.54, 1.807) is 0 Å². The molecule has 1 saturated heterocycles. The zero-order valence-electron chi connectivity index (χ0n) is 18.3. The molecule has 0 bridgehead atoms. The van der Waals surface area contributed by atoms with Crippen molar-refractivity contribution in [2.45, 2.75) is 51.0 Å². The molecule has 1 N–H and O–H groups in total. The molecule has 1 atom stereocenters. The highest BCUT2D eigenvalue weighted by atomic mass is 16.1. The molecule has 4 heteroatoms. The standard InChI is InChI=1S/C26H35N3O/c1-28-16-8-11-22-19-23(13-14-24(22)28)25(29-17-6-3-7-18-29)20-27-26(30)15-12-21-9-4-2-5-10-21/h2,4-5,9-10,13-14,19,25H,3,6-8,11-12,15-18,20H2,1H3,(H,27,30)/t25-/m0/s1. The fraction of sp³-hybridized carbons (Fsp3) is 0.500. The van der Waals surface area contributed by atoms with Gasteiger partial charge < -0.3 is 10.2 Å². The van der Waals surface area contributed by atoms with Crippen molar-refractivity contribution in [3.8, 4) is 0 Å². The van der Waals surface area contributed by atoms with Crippen molar-refractivity contribution >= 4 is 11.6 Å². The Morgan fingerprint density at radius 2 is 1.80 bits per heavy atom. The maximum atomic E-state index is 12.6. The minimum absolute atomic E-state index is 0.151. The summed E-state index contributed by atoms with van der Waals surface area (Å²) >= 11 is 0. The van der Waals surface area contributed by atoms with Crippen molar-refractivity contribution in [1.82, 2.24) is 10.2 Å². The van der Waals surface area contributed by atoms with Crippen LogP contribution in [-0.4, -0.2) is 44.0 Å². The number of carbonyl (C=O) groups excluding carboxylic acids is 1. The monoisotopic (exact) mass is 405 g/mol. The summed E-state index contributed by atoms with van der Waals surface area (Å²) in [4.78, 5) is 17.5. The van der Waals surface area contributed by atoms with Gasteiger partial charge in [0.25, 0.3) is 0 Å². The first-order valence-corrected chi connectivity index (χ1v) is 11.6. The van der Waals surface area contributed by atoms with E-state index in [0.717, 1.165) is 32.5 Å². The number of benzene rings is 2. The molecule has 0 spiro atoms. The minimum atomic E-state index is 0.151. The summed E-state index contributed by atoms with van der Waals surface area (Å²) in [5.74, 6) is 0.151. The van der Waals surface area contributed by atoms with E-state index < -0.39 is 0 Å². The molecule has 4 nitrogen and oxygen atoms in total. The van der Waals surface area contributed by atoms with Gasteiger partial charge in [0.05, 0.1) is 6.04 Å². The third-order valence-corrected chi connectivity index (χ3v) is 6.65. The van der Waals surface area contributed by atoms with Gasteiger partial charge in [0.1, 0.15) is 0 Å². The van der Waals surface area contributed by atoms with Crippen molar-refractivity contribution < 1.29 is 4.79 Å². The second-order valence-electron chi connectivity index (χ2n) is 8.82. The van der Waals surface area contributed by atoms with Crippen molar-refractivity contribution in [3.05, 3.63) is 65.2 Å². The summed E-state index contributed by atoms with van der Waals surface area (Å²) in [7, 11) is 2.19. The van der Waals surface area contributed by atoms with Gasteiger partial charge >= 0.3 is 0 Å². The number of hydrogen-bond acceptors (Lipinski definition) is 3. The number of nitrogens with one attached hydrogen (secondary N) is 1. The first kappa shape index (κ1) is 20.9. The number of nitrogens with zero attached hydrogens (tertiary/aromatic N) is 2. The number of hydrogen-bond donors (Lipinski definition) is 1. The lowest BCUT2D eigenvalue weighted by molar-refractivity contribution is -0.121. The van der Waals surface area contributed by atoms with E-state index in [0.29, 0.717) is 13.0 Å². The van der Waals surface area contributed by atoms with Crippen LogP contribution in [0.15, 0.2) is 48.5 Å². The van der Waals surface area contributed by atoms with Gasteiger partial charge in [-0.3, -0.25) is 9.69 Å². The van der Waals surface area contributed by atoms with Crippen LogP contribution in [-0.2, 0) is 17.6 Å².